The fraction of sp³-hybridized carbons (Fsp3) is 0.0769. The Bertz CT molecular complexity index is 525. The molecule has 0 aliphatic carbocycles. The van der Waals surface area contributed by atoms with Crippen LogP contribution in [-0.2, 0) is 0 Å². The van der Waals surface area contributed by atoms with E-state index in [0.29, 0.717) is 16.1 Å². The van der Waals surface area contributed by atoms with Crippen LogP contribution in [-0.4, -0.2) is 5.11 Å². The molecule has 0 fully saturated rings. The highest BCUT2D eigenvalue weighted by Gasteiger charge is 2.12. The molecule has 2 aromatic rings. The molecule has 1 unspecified atom stereocenters. The zero-order chi connectivity index (χ0) is 12.4. The zero-order valence-electron chi connectivity index (χ0n) is 8.70. The van der Waals surface area contributed by atoms with Crippen molar-refractivity contribution in [1.29, 1.82) is 0 Å². The van der Waals surface area contributed by atoms with Gasteiger partial charge in [-0.1, -0.05) is 41.4 Å². The van der Waals surface area contributed by atoms with Crippen molar-refractivity contribution in [3.63, 3.8) is 0 Å². The summed E-state index contributed by atoms with van der Waals surface area (Å²) in [5.41, 5.74) is 1.10. The SMILES string of the molecule is OC(c1ccc(Cl)cc1)c1ccc(Cl)c(F)c1. The highest BCUT2D eigenvalue weighted by molar-refractivity contribution is 6.30. The molecule has 0 amide bonds. The molecule has 0 saturated heterocycles. The van der Waals surface area contributed by atoms with E-state index in [0.717, 1.165) is 0 Å². The molecule has 1 atom stereocenters. The molecule has 0 bridgehead atoms. The third-order valence-electron chi connectivity index (χ3n) is 2.45. The standard InChI is InChI=1S/C13H9Cl2FO/c14-10-4-1-8(2-5-10)13(17)9-3-6-11(15)12(16)7-9/h1-7,13,17H. The Morgan fingerprint density at radius 2 is 1.53 bits per heavy atom. The van der Waals surface area contributed by atoms with Crippen LogP contribution in [0.2, 0.25) is 10.0 Å². The second kappa shape index (κ2) is 5.05. The minimum atomic E-state index is -0.890. The molecule has 0 radical (unpaired) electrons. The van der Waals surface area contributed by atoms with Crippen LogP contribution in [0.5, 0.6) is 0 Å². The van der Waals surface area contributed by atoms with Crippen LogP contribution in [0.1, 0.15) is 17.2 Å². The summed E-state index contributed by atoms with van der Waals surface area (Å²) >= 11 is 11.3. The maximum Gasteiger partial charge on any atom is 0.142 e. The third-order valence-corrected chi connectivity index (χ3v) is 3.00. The van der Waals surface area contributed by atoms with Crippen molar-refractivity contribution in [2.75, 3.05) is 0 Å². The molecule has 0 aromatic heterocycles. The topological polar surface area (TPSA) is 20.2 Å². The lowest BCUT2D eigenvalue weighted by Crippen LogP contribution is -2.00. The molecule has 4 heteroatoms. The number of hydrogen-bond acceptors (Lipinski definition) is 1. The average molecular weight is 271 g/mol. The third kappa shape index (κ3) is 2.78. The molecule has 2 aromatic carbocycles. The van der Waals surface area contributed by atoms with Crippen LogP contribution >= 0.6 is 23.2 Å². The Morgan fingerprint density at radius 1 is 0.941 bits per heavy atom. The molecular formula is C13H9Cl2FO. The molecule has 0 spiro atoms. The number of rotatable bonds is 2. The van der Waals surface area contributed by atoms with Gasteiger partial charge in [-0.25, -0.2) is 4.39 Å². The fourth-order valence-corrected chi connectivity index (χ4v) is 1.76. The first-order chi connectivity index (χ1) is 8.08. The van der Waals surface area contributed by atoms with E-state index in [-0.39, 0.29) is 5.02 Å². The van der Waals surface area contributed by atoms with Crippen LogP contribution in [0.4, 0.5) is 4.39 Å². The highest BCUT2D eigenvalue weighted by atomic mass is 35.5. The predicted molar refractivity (Wildman–Crippen MR) is 66.9 cm³/mol. The first-order valence-corrected chi connectivity index (χ1v) is 5.72. The second-order valence-corrected chi connectivity index (χ2v) is 4.47. The van der Waals surface area contributed by atoms with Gasteiger partial charge in [-0.2, -0.15) is 0 Å². The molecule has 17 heavy (non-hydrogen) atoms. The van der Waals surface area contributed by atoms with E-state index in [2.05, 4.69) is 0 Å². The smallest absolute Gasteiger partial charge is 0.142 e. The van der Waals surface area contributed by atoms with Crippen molar-refractivity contribution in [1.82, 2.24) is 0 Å². The van der Waals surface area contributed by atoms with Crippen LogP contribution < -0.4 is 0 Å². The normalized spacial score (nSPS) is 12.5. The minimum absolute atomic E-state index is 0.0389. The molecule has 0 aliphatic rings. The lowest BCUT2D eigenvalue weighted by atomic mass is 10.0. The van der Waals surface area contributed by atoms with Crippen molar-refractivity contribution >= 4 is 23.2 Å². The molecule has 1 nitrogen and oxygen atoms in total. The summed E-state index contributed by atoms with van der Waals surface area (Å²) in [5, 5.41) is 10.7. The Labute approximate surface area is 108 Å². The monoisotopic (exact) mass is 270 g/mol. The summed E-state index contributed by atoms with van der Waals surface area (Å²) in [4.78, 5) is 0. The summed E-state index contributed by atoms with van der Waals surface area (Å²) in [7, 11) is 0. The van der Waals surface area contributed by atoms with Gasteiger partial charge in [-0.15, -0.1) is 0 Å². The molecular weight excluding hydrogens is 262 g/mol. The largest absolute Gasteiger partial charge is 0.384 e. The quantitative estimate of drug-likeness (QED) is 0.867. The van der Waals surface area contributed by atoms with Gasteiger partial charge in [-0.05, 0) is 35.4 Å². The number of halogens is 3. The molecule has 88 valence electrons. The Hall–Kier alpha value is -1.09. The predicted octanol–water partition coefficient (Wildman–Crippen LogP) is 4.21. The van der Waals surface area contributed by atoms with Gasteiger partial charge >= 0.3 is 0 Å². The van der Waals surface area contributed by atoms with E-state index < -0.39 is 11.9 Å². The van der Waals surface area contributed by atoms with E-state index in [1.165, 1.54) is 12.1 Å². The van der Waals surface area contributed by atoms with E-state index in [1.807, 2.05) is 0 Å². The Morgan fingerprint density at radius 3 is 2.12 bits per heavy atom. The molecule has 0 aliphatic heterocycles. The minimum Gasteiger partial charge on any atom is -0.384 e. The van der Waals surface area contributed by atoms with Crippen LogP contribution in [0.15, 0.2) is 42.5 Å². The Kier molecular flexibility index (Phi) is 3.67. The Balaban J connectivity index is 2.33. The summed E-state index contributed by atoms with van der Waals surface area (Å²) in [6.07, 6.45) is -0.890. The second-order valence-electron chi connectivity index (χ2n) is 3.63. The summed E-state index contributed by atoms with van der Waals surface area (Å²) in [5.74, 6) is -0.544. The van der Waals surface area contributed by atoms with E-state index in [1.54, 1.807) is 30.3 Å². The van der Waals surface area contributed by atoms with Crippen LogP contribution in [0.25, 0.3) is 0 Å². The van der Waals surface area contributed by atoms with Crippen LogP contribution in [0, 0.1) is 5.82 Å². The number of aliphatic hydroxyl groups excluding tert-OH is 1. The van der Waals surface area contributed by atoms with Gasteiger partial charge in [0.2, 0.25) is 0 Å². The average Bonchev–Trinajstić information content (AvgIpc) is 2.33. The van der Waals surface area contributed by atoms with Gasteiger partial charge in [0.05, 0.1) is 5.02 Å². The number of aliphatic hydroxyl groups is 1. The first kappa shape index (κ1) is 12.4. The fourth-order valence-electron chi connectivity index (χ4n) is 1.52. The van der Waals surface area contributed by atoms with Gasteiger partial charge in [0.1, 0.15) is 11.9 Å². The van der Waals surface area contributed by atoms with Gasteiger partial charge in [0, 0.05) is 5.02 Å². The van der Waals surface area contributed by atoms with Crippen molar-refractivity contribution in [2.24, 2.45) is 0 Å². The van der Waals surface area contributed by atoms with Gasteiger partial charge in [0.15, 0.2) is 0 Å². The summed E-state index contributed by atoms with van der Waals surface area (Å²) < 4.78 is 13.3. The van der Waals surface area contributed by atoms with E-state index in [9.17, 15) is 9.50 Å². The van der Waals surface area contributed by atoms with Crippen molar-refractivity contribution in [3.8, 4) is 0 Å². The van der Waals surface area contributed by atoms with E-state index in [4.69, 9.17) is 23.2 Å². The molecule has 0 heterocycles. The lowest BCUT2D eigenvalue weighted by molar-refractivity contribution is 0.220. The molecule has 1 N–H and O–H groups in total. The maximum atomic E-state index is 13.3. The number of hydrogen-bond donors (Lipinski definition) is 1. The van der Waals surface area contributed by atoms with Gasteiger partial charge in [0.25, 0.3) is 0 Å². The maximum absolute atomic E-state index is 13.3. The van der Waals surface area contributed by atoms with E-state index >= 15 is 0 Å². The van der Waals surface area contributed by atoms with Crippen LogP contribution in [0.3, 0.4) is 0 Å². The zero-order valence-corrected chi connectivity index (χ0v) is 10.2. The van der Waals surface area contributed by atoms with Crippen molar-refractivity contribution in [2.45, 2.75) is 6.10 Å². The van der Waals surface area contributed by atoms with Crippen molar-refractivity contribution < 1.29 is 9.50 Å². The summed E-state index contributed by atoms with van der Waals surface area (Å²) in [6, 6.07) is 11.0. The molecule has 0 saturated carbocycles. The first-order valence-electron chi connectivity index (χ1n) is 4.96. The summed E-state index contributed by atoms with van der Waals surface area (Å²) in [6.45, 7) is 0. The van der Waals surface area contributed by atoms with Crippen molar-refractivity contribution in [3.05, 3.63) is 69.5 Å². The lowest BCUT2D eigenvalue weighted by Gasteiger charge is -2.11. The molecule has 2 rings (SSSR count). The van der Waals surface area contributed by atoms with Gasteiger partial charge in [-0.3, -0.25) is 0 Å². The highest BCUT2D eigenvalue weighted by Crippen LogP contribution is 2.26. The number of benzene rings is 2. The van der Waals surface area contributed by atoms with Gasteiger partial charge < -0.3 is 5.11 Å².